The van der Waals surface area contributed by atoms with Crippen LogP contribution in [0.2, 0.25) is 0 Å². The molecule has 6 rings (SSSR count). The van der Waals surface area contributed by atoms with Crippen LogP contribution in [0, 0.1) is 12.1 Å². The maximum atomic E-state index is 12.7. The van der Waals surface area contributed by atoms with Crippen LogP contribution in [-0.4, -0.2) is 19.9 Å². The van der Waals surface area contributed by atoms with Crippen LogP contribution in [-0.2, 0) is 52.6 Å². The third-order valence-electron chi connectivity index (χ3n) is 5.27. The Balaban J connectivity index is 0.000000383. The summed E-state index contributed by atoms with van der Waals surface area (Å²) < 4.78 is 77.1. The Labute approximate surface area is 273 Å². The first-order valence-corrected chi connectivity index (χ1v) is 12.4. The third-order valence-corrected chi connectivity index (χ3v) is 7.09. The van der Waals surface area contributed by atoms with Gasteiger partial charge in [-0.3, -0.25) is 9.97 Å². The molecule has 4 aromatic heterocycles. The number of aromatic nitrogens is 4. The van der Waals surface area contributed by atoms with Crippen LogP contribution in [0.1, 0.15) is 26.0 Å². The molecule has 0 N–H and O–H groups in total. The Morgan fingerprint density at radius 3 is 1.60 bits per heavy atom. The van der Waals surface area contributed by atoms with Gasteiger partial charge in [0.1, 0.15) is 12.7 Å². The van der Waals surface area contributed by atoms with Crippen molar-refractivity contribution in [3.05, 3.63) is 95.2 Å². The summed E-state index contributed by atoms with van der Waals surface area (Å²) >= 11 is 2.85. The van der Waals surface area contributed by atoms with Crippen molar-refractivity contribution < 1.29 is 66.6 Å². The topological polar surface area (TPSA) is 51.6 Å². The van der Waals surface area contributed by atoms with Gasteiger partial charge in [-0.15, -0.1) is 59.7 Å². The van der Waals surface area contributed by atoms with Crippen LogP contribution < -0.4 is 0 Å². The van der Waals surface area contributed by atoms with Gasteiger partial charge in [0.2, 0.25) is 0 Å². The zero-order valence-electron chi connectivity index (χ0n) is 19.5. The normalized spacial score (nSPS) is 10.8. The van der Waals surface area contributed by atoms with Crippen molar-refractivity contribution in [2.24, 2.45) is 0 Å². The molecule has 226 valence electrons. The summed E-state index contributed by atoms with van der Waals surface area (Å²) in [7, 11) is 0. The average molecular weight is 975 g/mol. The van der Waals surface area contributed by atoms with Gasteiger partial charge in [0.05, 0.1) is 11.0 Å². The molecule has 0 saturated carbocycles. The minimum absolute atomic E-state index is 0. The molecule has 0 amide bonds. The van der Waals surface area contributed by atoms with Crippen molar-refractivity contribution in [2.45, 2.75) is 27.2 Å². The van der Waals surface area contributed by atoms with Crippen LogP contribution in [0.5, 0.6) is 0 Å². The van der Waals surface area contributed by atoms with Gasteiger partial charge in [-0.25, -0.2) is 9.97 Å². The summed E-state index contributed by atoms with van der Waals surface area (Å²) in [6.45, 7) is 0. The Morgan fingerprint density at radius 2 is 1.12 bits per heavy atom. The number of halogens is 6. The quantitative estimate of drug-likeness (QED) is 0.128. The number of benzene rings is 2. The fraction of sp³-hybridized carbons (Fsp3) is 0.143. The Morgan fingerprint density at radius 1 is 0.595 bits per heavy atom. The van der Waals surface area contributed by atoms with E-state index in [4.69, 9.17) is 0 Å². The molecule has 0 aliphatic rings. The number of hydrogen-bond donors (Lipinski definition) is 0. The maximum absolute atomic E-state index is 12.7. The minimum atomic E-state index is -4.37. The first-order valence-electron chi connectivity index (χ1n) is 10.7. The van der Waals surface area contributed by atoms with E-state index in [9.17, 15) is 26.3 Å². The summed E-state index contributed by atoms with van der Waals surface area (Å²) in [6, 6.07) is 15.8. The summed E-state index contributed by atoms with van der Waals surface area (Å²) in [6.07, 6.45) is -5.97. The first kappa shape index (κ1) is 37.4. The van der Waals surface area contributed by atoms with Crippen molar-refractivity contribution in [2.75, 3.05) is 0 Å². The minimum Gasteiger partial charge on any atom is -0.284 e. The first-order chi connectivity index (χ1) is 18.1. The van der Waals surface area contributed by atoms with Gasteiger partial charge in [0, 0.05) is 61.0 Å². The zero-order valence-corrected chi connectivity index (χ0v) is 25.9. The van der Waals surface area contributed by atoms with E-state index in [2.05, 4.69) is 32.1 Å². The average Bonchev–Trinajstić information content (AvgIpc) is 3.58. The van der Waals surface area contributed by atoms with Crippen molar-refractivity contribution >= 4 is 43.1 Å². The van der Waals surface area contributed by atoms with Crippen molar-refractivity contribution in [1.29, 1.82) is 0 Å². The van der Waals surface area contributed by atoms with Crippen LogP contribution in [0.3, 0.4) is 0 Å². The van der Waals surface area contributed by atoms with Gasteiger partial charge >= 0.3 is 12.4 Å². The van der Waals surface area contributed by atoms with Crippen molar-refractivity contribution in [1.82, 2.24) is 19.9 Å². The van der Waals surface area contributed by atoms with Gasteiger partial charge in [-0.1, -0.05) is 14.9 Å². The second kappa shape index (κ2) is 15.2. The smallest absolute Gasteiger partial charge is 0.284 e. The van der Waals surface area contributed by atoms with Gasteiger partial charge in [-0.05, 0) is 34.0 Å². The number of thiophene rings is 2. The second-order valence-corrected chi connectivity index (χ2v) is 9.52. The number of nitrogens with zero attached hydrogens (tertiary/aromatic N) is 4. The monoisotopic (exact) mass is 976 g/mol. The summed E-state index contributed by atoms with van der Waals surface area (Å²) in [5.74, 6) is 0. The van der Waals surface area contributed by atoms with E-state index in [0.29, 0.717) is 22.5 Å². The van der Waals surface area contributed by atoms with E-state index in [-0.39, 0.29) is 55.1 Å². The van der Waals surface area contributed by atoms with Gasteiger partial charge in [0.25, 0.3) is 0 Å². The number of rotatable bonds is 2. The number of alkyl halides is 6. The van der Waals surface area contributed by atoms with Crippen LogP contribution >= 0.6 is 22.7 Å². The van der Waals surface area contributed by atoms with Gasteiger partial charge < -0.3 is 0 Å². The molecule has 6 aromatic rings. The van der Waals surface area contributed by atoms with Gasteiger partial charge in [0.15, 0.2) is 0 Å². The van der Waals surface area contributed by atoms with E-state index in [1.807, 2.05) is 16.8 Å². The van der Waals surface area contributed by atoms with E-state index < -0.39 is 23.5 Å². The molecule has 0 aliphatic carbocycles. The van der Waals surface area contributed by atoms with Crippen LogP contribution in [0.4, 0.5) is 26.3 Å². The molecule has 0 atom stereocenters. The summed E-state index contributed by atoms with van der Waals surface area (Å²) in [4.78, 5) is 16.4. The molecule has 4 nitrogen and oxygen atoms in total. The Bertz CT molecular complexity index is 1720. The molecule has 0 saturated heterocycles. The van der Waals surface area contributed by atoms with Crippen molar-refractivity contribution in [3.8, 4) is 22.5 Å². The van der Waals surface area contributed by atoms with E-state index >= 15 is 0 Å². The fourth-order valence-corrected chi connectivity index (χ4v) is 5.19. The SMILES string of the molecule is C.C.FC(F)(F)c1c[c-]c(-c2ncnc3ccsc23)cc1.FC(F)(F)c1cc[c-]c(-c2ncnc3ccsc23)c1.[Ir].[Ir]. The number of fused-ring (bicyclic) bond motifs is 2. The molecule has 42 heavy (non-hydrogen) atoms. The molecule has 0 unspecified atom stereocenters. The molecule has 2 aromatic carbocycles. The molecule has 14 heteroatoms. The summed E-state index contributed by atoms with van der Waals surface area (Å²) in [5, 5.41) is 3.70. The molecule has 0 fully saturated rings. The second-order valence-electron chi connectivity index (χ2n) is 7.69. The van der Waals surface area contributed by atoms with E-state index in [1.54, 1.807) is 6.07 Å². The predicted octanol–water partition coefficient (Wildman–Crippen LogP) is 9.62. The molecule has 4 heterocycles. The van der Waals surface area contributed by atoms with E-state index in [1.165, 1.54) is 47.5 Å². The third kappa shape index (κ3) is 8.27. The number of hydrogen-bond acceptors (Lipinski definition) is 6. The molecular weight excluding hydrogens is 955 g/mol. The van der Waals surface area contributed by atoms with Gasteiger partial charge in [-0.2, -0.15) is 49.0 Å². The Hall–Kier alpha value is -2.60. The Kier molecular flexibility index (Phi) is 13.6. The van der Waals surface area contributed by atoms with Crippen LogP contribution in [0.15, 0.2) is 71.9 Å². The van der Waals surface area contributed by atoms with E-state index in [0.717, 1.165) is 44.7 Å². The summed E-state index contributed by atoms with van der Waals surface area (Å²) in [5.41, 5.74) is 2.02. The molecule has 0 spiro atoms. The molecular formula is C28H20F6Ir2N4S2-2. The molecule has 0 bridgehead atoms. The van der Waals surface area contributed by atoms with Crippen molar-refractivity contribution in [3.63, 3.8) is 0 Å². The van der Waals surface area contributed by atoms with Crippen LogP contribution in [0.25, 0.3) is 42.9 Å². The molecule has 2 radical (unpaired) electrons. The fourth-order valence-electron chi connectivity index (χ4n) is 3.49. The largest absolute Gasteiger partial charge is 0.399 e. The molecule has 0 aliphatic heterocycles. The predicted molar refractivity (Wildman–Crippen MR) is 147 cm³/mol. The standard InChI is InChI=1S/2C13H6F3N2S.2CH4.2Ir/c14-13(15,16)9-3-1-8(2-4-9)11-12-10(5-6-19-12)17-7-18-11;14-13(15,16)9-3-1-2-8(6-9)11-12-10(4-5-19-12)17-7-18-11;;;;/h2*1,3-7H;2*1H4;;/q2*-1;;;;. The maximum Gasteiger partial charge on any atom is 0.399 e. The zero-order chi connectivity index (χ0) is 26.9.